The van der Waals surface area contributed by atoms with Crippen LogP contribution >= 0.6 is 0 Å². The number of carbonyl (C=O) groups excluding carboxylic acids is 1. The first kappa shape index (κ1) is 18.5. The van der Waals surface area contributed by atoms with Gasteiger partial charge in [0.25, 0.3) is 0 Å². The molecule has 25 heavy (non-hydrogen) atoms. The summed E-state index contributed by atoms with van der Waals surface area (Å²) in [6, 6.07) is 9.90. The van der Waals surface area contributed by atoms with Gasteiger partial charge in [0.05, 0.1) is 0 Å². The molecule has 0 spiro atoms. The summed E-state index contributed by atoms with van der Waals surface area (Å²) in [7, 11) is 1.75. The third kappa shape index (κ3) is 6.29. The van der Waals surface area contributed by atoms with E-state index in [1.165, 1.54) is 0 Å². The predicted molar refractivity (Wildman–Crippen MR) is 100 cm³/mol. The topological polar surface area (TPSA) is 83.3 Å². The fourth-order valence-electron chi connectivity index (χ4n) is 2.22. The molecule has 7 heteroatoms. The van der Waals surface area contributed by atoms with Crippen molar-refractivity contribution >= 4 is 17.6 Å². The van der Waals surface area contributed by atoms with Crippen LogP contribution in [0.2, 0.25) is 0 Å². The zero-order valence-corrected chi connectivity index (χ0v) is 15.0. The smallest absolute Gasteiger partial charge is 0.246 e. The van der Waals surface area contributed by atoms with Crippen LogP contribution in [-0.2, 0) is 17.9 Å². The Morgan fingerprint density at radius 3 is 2.88 bits per heavy atom. The molecule has 0 saturated heterocycles. The monoisotopic (exact) mass is 342 g/mol. The molecule has 1 atom stereocenters. The molecule has 7 nitrogen and oxygen atoms in total. The lowest BCUT2D eigenvalue weighted by molar-refractivity contribution is -0.116. The first-order valence-electron chi connectivity index (χ1n) is 8.44. The standard InChI is InChI=1S/C18H26N6O/c1-4-14(2)22-18(19-3)20-12-15-7-5-8-16(11-15)23-17(25)13-24-10-6-9-21-24/h5-11,14H,4,12-13H2,1-3H3,(H,23,25)(H2,19,20,22). The van der Waals surface area contributed by atoms with Crippen LogP contribution in [0.1, 0.15) is 25.8 Å². The molecular weight excluding hydrogens is 316 g/mol. The number of guanidine groups is 1. The molecule has 0 fully saturated rings. The van der Waals surface area contributed by atoms with Crippen molar-refractivity contribution in [1.82, 2.24) is 20.4 Å². The molecule has 0 aliphatic carbocycles. The Morgan fingerprint density at radius 1 is 1.36 bits per heavy atom. The first-order chi connectivity index (χ1) is 12.1. The fourth-order valence-corrected chi connectivity index (χ4v) is 2.22. The Bertz CT molecular complexity index is 695. The van der Waals surface area contributed by atoms with Crippen molar-refractivity contribution in [2.45, 2.75) is 39.4 Å². The van der Waals surface area contributed by atoms with E-state index in [0.717, 1.165) is 23.6 Å². The van der Waals surface area contributed by atoms with Gasteiger partial charge in [0.2, 0.25) is 5.91 Å². The number of benzene rings is 1. The van der Waals surface area contributed by atoms with Gasteiger partial charge in [-0.25, -0.2) is 0 Å². The molecule has 3 N–H and O–H groups in total. The van der Waals surface area contributed by atoms with E-state index in [2.05, 4.69) is 39.9 Å². The van der Waals surface area contributed by atoms with Crippen molar-refractivity contribution in [3.8, 4) is 0 Å². The molecule has 1 amide bonds. The largest absolute Gasteiger partial charge is 0.354 e. The maximum absolute atomic E-state index is 12.0. The molecule has 2 rings (SSSR count). The molecule has 1 aromatic heterocycles. The number of hydrogen-bond acceptors (Lipinski definition) is 3. The van der Waals surface area contributed by atoms with Crippen molar-refractivity contribution in [2.24, 2.45) is 4.99 Å². The summed E-state index contributed by atoms with van der Waals surface area (Å²) in [6.07, 6.45) is 4.44. The van der Waals surface area contributed by atoms with E-state index >= 15 is 0 Å². The second kappa shape index (κ2) is 9.46. The molecule has 134 valence electrons. The van der Waals surface area contributed by atoms with Gasteiger partial charge >= 0.3 is 0 Å². The second-order valence-corrected chi connectivity index (χ2v) is 5.83. The van der Waals surface area contributed by atoms with Crippen molar-refractivity contribution in [1.29, 1.82) is 0 Å². The van der Waals surface area contributed by atoms with Gasteiger partial charge in [0, 0.05) is 37.7 Å². The first-order valence-corrected chi connectivity index (χ1v) is 8.44. The zero-order chi connectivity index (χ0) is 18.1. The van der Waals surface area contributed by atoms with Gasteiger partial charge in [-0.15, -0.1) is 0 Å². The van der Waals surface area contributed by atoms with E-state index in [-0.39, 0.29) is 12.5 Å². The van der Waals surface area contributed by atoms with E-state index in [1.807, 2.05) is 24.3 Å². The number of nitrogens with one attached hydrogen (secondary N) is 3. The Labute approximate surface area is 148 Å². The summed E-state index contributed by atoms with van der Waals surface area (Å²) >= 11 is 0. The lowest BCUT2D eigenvalue weighted by Crippen LogP contribution is -2.41. The molecule has 0 saturated carbocycles. The molecule has 0 aliphatic heterocycles. The van der Waals surface area contributed by atoms with Gasteiger partial charge < -0.3 is 16.0 Å². The van der Waals surface area contributed by atoms with Crippen LogP contribution < -0.4 is 16.0 Å². The highest BCUT2D eigenvalue weighted by Crippen LogP contribution is 2.10. The minimum absolute atomic E-state index is 0.108. The number of nitrogens with zero attached hydrogens (tertiary/aromatic N) is 3. The van der Waals surface area contributed by atoms with Crippen LogP contribution in [0, 0.1) is 0 Å². The lowest BCUT2D eigenvalue weighted by atomic mass is 10.2. The number of carbonyl (C=O) groups is 1. The van der Waals surface area contributed by atoms with E-state index < -0.39 is 0 Å². The second-order valence-electron chi connectivity index (χ2n) is 5.83. The number of aliphatic imine (C=N–C) groups is 1. The highest BCUT2D eigenvalue weighted by molar-refractivity contribution is 5.90. The van der Waals surface area contributed by atoms with Crippen LogP contribution in [0.25, 0.3) is 0 Å². The highest BCUT2D eigenvalue weighted by Gasteiger charge is 2.06. The third-order valence-corrected chi connectivity index (χ3v) is 3.75. The van der Waals surface area contributed by atoms with Crippen molar-refractivity contribution in [3.63, 3.8) is 0 Å². The predicted octanol–water partition coefficient (Wildman–Crippen LogP) is 1.99. The number of anilines is 1. The van der Waals surface area contributed by atoms with Gasteiger partial charge in [0.15, 0.2) is 5.96 Å². The Kier molecular flexibility index (Phi) is 7.00. The Hall–Kier alpha value is -2.83. The van der Waals surface area contributed by atoms with Crippen molar-refractivity contribution < 1.29 is 4.79 Å². The maximum Gasteiger partial charge on any atom is 0.246 e. The van der Waals surface area contributed by atoms with Gasteiger partial charge in [-0.2, -0.15) is 5.10 Å². The molecular formula is C18H26N6O. The molecule has 0 bridgehead atoms. The molecule has 0 aliphatic rings. The van der Waals surface area contributed by atoms with E-state index in [1.54, 1.807) is 30.2 Å². The Balaban J connectivity index is 1.88. The summed E-state index contributed by atoms with van der Waals surface area (Å²) in [6.45, 7) is 5.06. The molecule has 1 unspecified atom stereocenters. The van der Waals surface area contributed by atoms with Crippen LogP contribution in [0.4, 0.5) is 5.69 Å². The molecule has 2 aromatic rings. The molecule has 1 heterocycles. The number of hydrogen-bond donors (Lipinski definition) is 3. The molecule has 0 radical (unpaired) electrons. The Morgan fingerprint density at radius 2 is 2.20 bits per heavy atom. The molecule has 1 aromatic carbocycles. The quantitative estimate of drug-likeness (QED) is 0.531. The van der Waals surface area contributed by atoms with Crippen LogP contribution in [0.5, 0.6) is 0 Å². The average Bonchev–Trinajstić information content (AvgIpc) is 3.11. The fraction of sp³-hybridized carbons (Fsp3) is 0.389. The average molecular weight is 342 g/mol. The maximum atomic E-state index is 12.0. The van der Waals surface area contributed by atoms with Crippen LogP contribution in [-0.4, -0.2) is 34.7 Å². The SMILES string of the molecule is CCC(C)NC(=NC)NCc1cccc(NC(=O)Cn2cccn2)c1. The van der Waals surface area contributed by atoms with Crippen molar-refractivity contribution in [2.75, 3.05) is 12.4 Å². The zero-order valence-electron chi connectivity index (χ0n) is 15.0. The van der Waals surface area contributed by atoms with Crippen LogP contribution in [0.15, 0.2) is 47.7 Å². The van der Waals surface area contributed by atoms with Gasteiger partial charge in [0.1, 0.15) is 6.54 Å². The number of rotatable bonds is 7. The summed E-state index contributed by atoms with van der Waals surface area (Å²) in [5, 5.41) is 13.5. The van der Waals surface area contributed by atoms with Crippen molar-refractivity contribution in [3.05, 3.63) is 48.3 Å². The van der Waals surface area contributed by atoms with E-state index in [9.17, 15) is 4.79 Å². The highest BCUT2D eigenvalue weighted by atomic mass is 16.2. The summed E-state index contributed by atoms with van der Waals surface area (Å²) in [4.78, 5) is 16.3. The normalized spacial score (nSPS) is 12.5. The number of aromatic nitrogens is 2. The number of amides is 1. The summed E-state index contributed by atoms with van der Waals surface area (Å²) in [5.74, 6) is 0.658. The lowest BCUT2D eigenvalue weighted by Gasteiger charge is -2.16. The van der Waals surface area contributed by atoms with Gasteiger partial charge in [-0.05, 0) is 37.1 Å². The summed E-state index contributed by atoms with van der Waals surface area (Å²) in [5.41, 5.74) is 1.82. The van der Waals surface area contributed by atoms with Gasteiger partial charge in [-0.3, -0.25) is 14.5 Å². The van der Waals surface area contributed by atoms with Gasteiger partial charge in [-0.1, -0.05) is 19.1 Å². The van der Waals surface area contributed by atoms with E-state index in [4.69, 9.17) is 0 Å². The van der Waals surface area contributed by atoms with E-state index in [0.29, 0.717) is 12.6 Å². The summed E-state index contributed by atoms with van der Waals surface area (Å²) < 4.78 is 1.59. The third-order valence-electron chi connectivity index (χ3n) is 3.75. The van der Waals surface area contributed by atoms with Crippen LogP contribution in [0.3, 0.4) is 0 Å². The minimum Gasteiger partial charge on any atom is -0.354 e. The minimum atomic E-state index is -0.108.